The normalized spacial score (nSPS) is 32.1. The number of hydrogen-bond acceptors (Lipinski definition) is 7. The molecule has 3 heterocycles. The SMILES string of the molecule is C.COC1C(OC(=O)CCC(=O)O)C2OC1C1C(=O)N(c3ccccc3)C(=O)C21. The van der Waals surface area contributed by atoms with E-state index in [1.807, 2.05) is 0 Å². The minimum Gasteiger partial charge on any atom is -0.481 e. The zero-order valence-corrected chi connectivity index (χ0v) is 15.0. The summed E-state index contributed by atoms with van der Waals surface area (Å²) in [5.74, 6) is -4.03. The van der Waals surface area contributed by atoms with Crippen LogP contribution >= 0.6 is 0 Å². The highest BCUT2D eigenvalue weighted by Crippen LogP contribution is 2.51. The lowest BCUT2D eigenvalue weighted by Gasteiger charge is -2.31. The fraction of sp³-hybridized carbons (Fsp3) is 0.500. The van der Waals surface area contributed by atoms with Gasteiger partial charge in [0.15, 0.2) is 6.10 Å². The third-order valence-electron chi connectivity index (χ3n) is 5.49. The second kappa shape index (κ2) is 7.92. The number of rotatable bonds is 6. The summed E-state index contributed by atoms with van der Waals surface area (Å²) in [6, 6.07) is 8.61. The van der Waals surface area contributed by atoms with Crippen molar-refractivity contribution in [3.05, 3.63) is 30.3 Å². The van der Waals surface area contributed by atoms with Crippen LogP contribution < -0.4 is 4.90 Å². The van der Waals surface area contributed by atoms with Gasteiger partial charge in [-0.2, -0.15) is 0 Å². The molecule has 1 aromatic rings. The van der Waals surface area contributed by atoms with Crippen LogP contribution in [0.4, 0.5) is 5.69 Å². The van der Waals surface area contributed by atoms with E-state index in [1.54, 1.807) is 30.3 Å². The van der Waals surface area contributed by atoms with Crippen molar-refractivity contribution in [3.63, 3.8) is 0 Å². The number of hydrogen-bond donors (Lipinski definition) is 1. The maximum Gasteiger partial charge on any atom is 0.306 e. The molecule has 29 heavy (non-hydrogen) atoms. The summed E-state index contributed by atoms with van der Waals surface area (Å²) in [7, 11) is 1.41. The highest BCUT2D eigenvalue weighted by Gasteiger charge is 2.70. The second-order valence-corrected chi connectivity index (χ2v) is 7.01. The number of anilines is 1. The number of amides is 2. The van der Waals surface area contributed by atoms with Crippen molar-refractivity contribution in [3.8, 4) is 0 Å². The van der Waals surface area contributed by atoms with Crippen molar-refractivity contribution in [1.82, 2.24) is 0 Å². The molecule has 0 spiro atoms. The van der Waals surface area contributed by atoms with Gasteiger partial charge in [0.05, 0.1) is 30.4 Å². The van der Waals surface area contributed by atoms with Gasteiger partial charge in [-0.15, -0.1) is 0 Å². The van der Waals surface area contributed by atoms with E-state index < -0.39 is 54.1 Å². The Labute approximate surface area is 167 Å². The van der Waals surface area contributed by atoms with E-state index in [0.29, 0.717) is 5.69 Å². The lowest BCUT2D eigenvalue weighted by atomic mass is 9.78. The van der Waals surface area contributed by atoms with Gasteiger partial charge in [0, 0.05) is 7.11 Å². The number of carboxylic acid groups (broad SMARTS) is 1. The average molecular weight is 405 g/mol. The quantitative estimate of drug-likeness (QED) is 0.550. The van der Waals surface area contributed by atoms with Crippen LogP contribution in [0.3, 0.4) is 0 Å². The van der Waals surface area contributed by atoms with Gasteiger partial charge in [-0.05, 0) is 12.1 Å². The molecule has 6 unspecified atom stereocenters. The molecule has 1 N–H and O–H groups in total. The molecule has 3 aliphatic rings. The van der Waals surface area contributed by atoms with Crippen molar-refractivity contribution in [2.24, 2.45) is 11.8 Å². The first-order valence-corrected chi connectivity index (χ1v) is 8.96. The number of carboxylic acids is 1. The first-order valence-electron chi connectivity index (χ1n) is 8.96. The number of aliphatic carboxylic acids is 1. The third-order valence-corrected chi connectivity index (χ3v) is 5.49. The Morgan fingerprint density at radius 1 is 1.03 bits per heavy atom. The average Bonchev–Trinajstić information content (AvgIpc) is 3.30. The number of para-hydroxylation sites is 1. The Morgan fingerprint density at radius 2 is 1.62 bits per heavy atom. The topological polar surface area (TPSA) is 119 Å². The van der Waals surface area contributed by atoms with Crippen LogP contribution in [0, 0.1) is 11.8 Å². The van der Waals surface area contributed by atoms with Crippen molar-refractivity contribution < 1.29 is 38.5 Å². The molecule has 4 rings (SSSR count). The molecular formula is C20H23NO8. The summed E-state index contributed by atoms with van der Waals surface area (Å²) in [5.41, 5.74) is 0.482. The van der Waals surface area contributed by atoms with Gasteiger partial charge in [-0.25, -0.2) is 4.90 Å². The zero-order chi connectivity index (χ0) is 20.0. The predicted molar refractivity (Wildman–Crippen MR) is 98.9 cm³/mol. The predicted octanol–water partition coefficient (Wildman–Crippen LogP) is 1.00. The fourth-order valence-electron chi connectivity index (χ4n) is 4.35. The molecule has 156 valence electrons. The first-order chi connectivity index (χ1) is 13.4. The lowest BCUT2D eigenvalue weighted by molar-refractivity contribution is -0.162. The molecule has 1 aromatic carbocycles. The van der Waals surface area contributed by atoms with E-state index in [9.17, 15) is 19.2 Å². The molecule has 0 saturated carbocycles. The highest BCUT2D eigenvalue weighted by molar-refractivity contribution is 6.22. The molecular weight excluding hydrogens is 382 g/mol. The summed E-state index contributed by atoms with van der Waals surface area (Å²) in [5, 5.41) is 8.71. The molecule has 9 heteroatoms. The number of benzene rings is 1. The van der Waals surface area contributed by atoms with Gasteiger partial charge in [0.2, 0.25) is 11.8 Å². The molecule has 2 bridgehead atoms. The van der Waals surface area contributed by atoms with E-state index in [0.717, 1.165) is 4.90 Å². The monoisotopic (exact) mass is 405 g/mol. The van der Waals surface area contributed by atoms with Crippen LogP contribution in [0.25, 0.3) is 0 Å². The minimum absolute atomic E-state index is 0. The largest absolute Gasteiger partial charge is 0.481 e. The second-order valence-electron chi connectivity index (χ2n) is 7.01. The number of esters is 1. The minimum atomic E-state index is -1.11. The van der Waals surface area contributed by atoms with Crippen molar-refractivity contribution in [2.45, 2.75) is 44.7 Å². The van der Waals surface area contributed by atoms with E-state index in [1.165, 1.54) is 7.11 Å². The van der Waals surface area contributed by atoms with Crippen molar-refractivity contribution in [2.75, 3.05) is 12.0 Å². The molecule has 9 nitrogen and oxygen atoms in total. The number of fused-ring (bicyclic) bond motifs is 5. The van der Waals surface area contributed by atoms with E-state index in [2.05, 4.69) is 0 Å². The highest BCUT2D eigenvalue weighted by atomic mass is 16.6. The number of imide groups is 1. The molecule has 0 aromatic heterocycles. The summed E-state index contributed by atoms with van der Waals surface area (Å²) in [6.07, 6.45) is -3.74. The summed E-state index contributed by atoms with van der Waals surface area (Å²) in [6.45, 7) is 0. The molecule has 0 aliphatic carbocycles. The Balaban J connectivity index is 0.00000240. The number of ether oxygens (including phenoxy) is 3. The van der Waals surface area contributed by atoms with E-state index in [-0.39, 0.29) is 26.2 Å². The van der Waals surface area contributed by atoms with Gasteiger partial charge < -0.3 is 19.3 Å². The van der Waals surface area contributed by atoms with Crippen LogP contribution in [-0.2, 0) is 33.4 Å². The summed E-state index contributed by atoms with van der Waals surface area (Å²) >= 11 is 0. The Kier molecular flexibility index (Phi) is 5.72. The molecule has 3 fully saturated rings. The lowest BCUT2D eigenvalue weighted by Crippen LogP contribution is -2.50. The van der Waals surface area contributed by atoms with Gasteiger partial charge in [-0.3, -0.25) is 19.2 Å². The van der Waals surface area contributed by atoms with Gasteiger partial charge in [0.25, 0.3) is 0 Å². The fourth-order valence-corrected chi connectivity index (χ4v) is 4.35. The van der Waals surface area contributed by atoms with Crippen LogP contribution in [0.5, 0.6) is 0 Å². The Hall–Kier alpha value is -2.78. The smallest absolute Gasteiger partial charge is 0.306 e. The van der Waals surface area contributed by atoms with Gasteiger partial charge >= 0.3 is 11.9 Å². The Morgan fingerprint density at radius 3 is 2.17 bits per heavy atom. The third kappa shape index (κ3) is 3.30. The standard InChI is InChI=1S/C19H19NO8.CH4/c1-26-16-14-12-13(15(28-14)17(16)27-11(23)8-7-10(21)22)19(25)20(18(12)24)9-5-3-2-4-6-9;/h2-6,12-17H,7-8H2,1H3,(H,21,22);1H4. The Bertz CT molecular complexity index is 825. The van der Waals surface area contributed by atoms with Crippen LogP contribution in [0.2, 0.25) is 0 Å². The first kappa shape index (κ1) is 20.9. The molecule has 0 radical (unpaired) electrons. The van der Waals surface area contributed by atoms with Crippen molar-refractivity contribution in [1.29, 1.82) is 0 Å². The number of methoxy groups -OCH3 is 1. The van der Waals surface area contributed by atoms with Crippen LogP contribution in [0.1, 0.15) is 20.3 Å². The van der Waals surface area contributed by atoms with Crippen LogP contribution in [0.15, 0.2) is 30.3 Å². The number of carbonyl (C=O) groups is 4. The maximum absolute atomic E-state index is 13.0. The van der Waals surface area contributed by atoms with E-state index >= 15 is 0 Å². The molecule has 2 amide bonds. The molecule has 6 atom stereocenters. The maximum atomic E-state index is 13.0. The van der Waals surface area contributed by atoms with Crippen LogP contribution in [-0.4, -0.2) is 60.4 Å². The number of nitrogens with zero attached hydrogens (tertiary/aromatic N) is 1. The molecule has 3 aliphatic heterocycles. The van der Waals surface area contributed by atoms with Crippen molar-refractivity contribution >= 4 is 29.4 Å². The molecule has 3 saturated heterocycles. The summed E-state index contributed by atoms with van der Waals surface area (Å²) < 4.78 is 16.6. The van der Waals surface area contributed by atoms with Gasteiger partial charge in [0.1, 0.15) is 18.3 Å². The van der Waals surface area contributed by atoms with E-state index in [4.69, 9.17) is 19.3 Å². The zero-order valence-electron chi connectivity index (χ0n) is 15.0. The summed E-state index contributed by atoms with van der Waals surface area (Å²) in [4.78, 5) is 49.7. The van der Waals surface area contributed by atoms with Gasteiger partial charge in [-0.1, -0.05) is 25.6 Å². The number of carbonyl (C=O) groups excluding carboxylic acids is 3.